The number of hydrogen-bond donors (Lipinski definition) is 0. The molecule has 0 fully saturated rings. The quantitative estimate of drug-likeness (QED) is 0.465. The highest BCUT2D eigenvalue weighted by Gasteiger charge is 1.80. The smallest absolute Gasteiger partial charge is 0.250 e. The van der Waals surface area contributed by atoms with Gasteiger partial charge in [-0.15, -0.1) is 0 Å². The molecule has 1 aromatic heterocycles. The molecule has 0 N–H and O–H groups in total. The normalized spacial score (nSPS) is 9.12. The molecular weight excluding hydrogens is 102 g/mol. The summed E-state index contributed by atoms with van der Waals surface area (Å²) in [5, 5.41) is 0. The molecule has 0 atom stereocenters. The molecule has 1 radical (unpaired) electrons. The van der Waals surface area contributed by atoms with E-state index in [9.17, 15) is 4.79 Å². The van der Waals surface area contributed by atoms with Gasteiger partial charge in [0.2, 0.25) is 0 Å². The Labute approximate surface area is 47.4 Å². The first-order valence-corrected chi connectivity index (χ1v) is 2.33. The SMILES string of the molecule is Cn1cc[c]cc1=O. The van der Waals surface area contributed by atoms with Crippen LogP contribution in [0.2, 0.25) is 0 Å². The Morgan fingerprint density at radius 1 is 1.75 bits per heavy atom. The lowest BCUT2D eigenvalue weighted by Crippen LogP contribution is -2.12. The van der Waals surface area contributed by atoms with E-state index < -0.39 is 0 Å². The van der Waals surface area contributed by atoms with Crippen molar-refractivity contribution in [3.8, 4) is 0 Å². The van der Waals surface area contributed by atoms with Crippen LogP contribution in [-0.2, 0) is 7.05 Å². The van der Waals surface area contributed by atoms with Gasteiger partial charge in [0.25, 0.3) is 5.56 Å². The van der Waals surface area contributed by atoms with Crippen molar-refractivity contribution in [2.45, 2.75) is 0 Å². The van der Waals surface area contributed by atoms with Crippen molar-refractivity contribution in [2.24, 2.45) is 7.05 Å². The van der Waals surface area contributed by atoms with Gasteiger partial charge in [-0.05, 0) is 12.1 Å². The zero-order chi connectivity index (χ0) is 5.98. The molecule has 0 aliphatic heterocycles. The summed E-state index contributed by atoms with van der Waals surface area (Å²) in [6.45, 7) is 0. The maximum absolute atomic E-state index is 10.6. The fraction of sp³-hybridized carbons (Fsp3) is 0.167. The van der Waals surface area contributed by atoms with E-state index in [4.69, 9.17) is 0 Å². The predicted octanol–water partition coefficient (Wildman–Crippen LogP) is 0.185. The Bertz CT molecular complexity index is 226. The second-order valence-corrected chi connectivity index (χ2v) is 1.58. The van der Waals surface area contributed by atoms with Gasteiger partial charge in [0.15, 0.2) is 0 Å². The zero-order valence-electron chi connectivity index (χ0n) is 4.59. The molecule has 0 saturated carbocycles. The molecule has 0 spiro atoms. The van der Waals surface area contributed by atoms with E-state index in [0.717, 1.165) is 0 Å². The minimum atomic E-state index is -0.0208. The number of rotatable bonds is 0. The molecule has 0 aromatic carbocycles. The molecule has 1 rings (SSSR count). The van der Waals surface area contributed by atoms with Gasteiger partial charge >= 0.3 is 0 Å². The average molecular weight is 108 g/mol. The Kier molecular flexibility index (Phi) is 1.16. The Hall–Kier alpha value is -1.05. The molecule has 1 aromatic rings. The van der Waals surface area contributed by atoms with Crippen LogP contribution in [0.4, 0.5) is 0 Å². The summed E-state index contributed by atoms with van der Waals surface area (Å²) < 4.78 is 1.50. The lowest BCUT2D eigenvalue weighted by Gasteiger charge is -1.88. The topological polar surface area (TPSA) is 22.0 Å². The number of nitrogens with zero attached hydrogens (tertiary/aromatic N) is 1. The van der Waals surface area contributed by atoms with Crippen LogP contribution in [0, 0.1) is 6.07 Å². The maximum Gasteiger partial charge on any atom is 0.250 e. The van der Waals surface area contributed by atoms with Crippen molar-refractivity contribution >= 4 is 0 Å². The van der Waals surface area contributed by atoms with Crippen LogP contribution in [-0.4, -0.2) is 4.57 Å². The van der Waals surface area contributed by atoms with Crippen molar-refractivity contribution in [2.75, 3.05) is 0 Å². The van der Waals surface area contributed by atoms with Crippen LogP contribution in [0.15, 0.2) is 23.1 Å². The third kappa shape index (κ3) is 0.780. The summed E-state index contributed by atoms with van der Waals surface area (Å²) in [6, 6.07) is 5.77. The van der Waals surface area contributed by atoms with Crippen molar-refractivity contribution in [1.82, 2.24) is 4.57 Å². The first-order chi connectivity index (χ1) is 3.80. The largest absolute Gasteiger partial charge is 0.319 e. The molecule has 1 heterocycles. The fourth-order valence-electron chi connectivity index (χ4n) is 0.450. The highest BCUT2D eigenvalue weighted by Crippen LogP contribution is 1.71. The zero-order valence-corrected chi connectivity index (χ0v) is 4.59. The Morgan fingerprint density at radius 3 is 2.88 bits per heavy atom. The van der Waals surface area contributed by atoms with Crippen LogP contribution in [0.5, 0.6) is 0 Å². The van der Waals surface area contributed by atoms with Gasteiger partial charge in [-0.3, -0.25) is 4.79 Å². The molecule has 41 valence electrons. The van der Waals surface area contributed by atoms with E-state index >= 15 is 0 Å². The van der Waals surface area contributed by atoms with Gasteiger partial charge < -0.3 is 4.57 Å². The van der Waals surface area contributed by atoms with Crippen molar-refractivity contribution in [3.63, 3.8) is 0 Å². The second kappa shape index (κ2) is 1.82. The molecule has 2 nitrogen and oxygen atoms in total. The van der Waals surface area contributed by atoms with Gasteiger partial charge in [0, 0.05) is 19.3 Å². The number of aromatic nitrogens is 1. The molecule has 0 aliphatic rings. The summed E-state index contributed by atoms with van der Waals surface area (Å²) >= 11 is 0. The lowest BCUT2D eigenvalue weighted by atomic mass is 10.5. The van der Waals surface area contributed by atoms with Crippen LogP contribution >= 0.6 is 0 Å². The summed E-state index contributed by atoms with van der Waals surface area (Å²) in [7, 11) is 1.70. The second-order valence-electron chi connectivity index (χ2n) is 1.58. The van der Waals surface area contributed by atoms with E-state index in [0.29, 0.717) is 0 Å². The highest BCUT2D eigenvalue weighted by atomic mass is 16.1. The third-order valence-electron chi connectivity index (χ3n) is 0.949. The Morgan fingerprint density at radius 2 is 2.50 bits per heavy atom. The van der Waals surface area contributed by atoms with Gasteiger partial charge in [-0.1, -0.05) is 0 Å². The lowest BCUT2D eigenvalue weighted by molar-refractivity contribution is 0.859. The van der Waals surface area contributed by atoms with Crippen molar-refractivity contribution < 1.29 is 0 Å². The molecule has 0 unspecified atom stereocenters. The molecule has 0 aliphatic carbocycles. The minimum Gasteiger partial charge on any atom is -0.319 e. The molecule has 0 saturated heterocycles. The van der Waals surface area contributed by atoms with Crippen molar-refractivity contribution in [1.29, 1.82) is 0 Å². The van der Waals surface area contributed by atoms with Gasteiger partial charge in [0.1, 0.15) is 0 Å². The average Bonchev–Trinajstić information content (AvgIpc) is 1.77. The van der Waals surface area contributed by atoms with E-state index in [1.165, 1.54) is 10.6 Å². The van der Waals surface area contributed by atoms with E-state index in [-0.39, 0.29) is 5.56 Å². The molecule has 0 amide bonds. The van der Waals surface area contributed by atoms with Crippen molar-refractivity contribution in [3.05, 3.63) is 34.7 Å². The standard InChI is InChI=1S/C6H6NO/c1-7-5-3-2-4-6(7)8/h3-5H,1H3. The molecule has 2 heteroatoms. The third-order valence-corrected chi connectivity index (χ3v) is 0.949. The number of aryl methyl sites for hydroxylation is 1. The van der Waals surface area contributed by atoms with Crippen LogP contribution in [0.25, 0.3) is 0 Å². The van der Waals surface area contributed by atoms with Gasteiger partial charge in [0.05, 0.1) is 0 Å². The van der Waals surface area contributed by atoms with E-state index in [2.05, 4.69) is 6.07 Å². The van der Waals surface area contributed by atoms with E-state index in [1.54, 1.807) is 19.3 Å². The first-order valence-electron chi connectivity index (χ1n) is 2.33. The van der Waals surface area contributed by atoms with E-state index in [1.807, 2.05) is 0 Å². The maximum atomic E-state index is 10.6. The summed E-state index contributed by atoms with van der Waals surface area (Å²) in [5.41, 5.74) is -0.0208. The molecule has 8 heavy (non-hydrogen) atoms. The Balaban J connectivity index is 3.35. The van der Waals surface area contributed by atoms with Crippen LogP contribution < -0.4 is 5.56 Å². The molecular formula is C6H6NO. The fourth-order valence-corrected chi connectivity index (χ4v) is 0.450. The number of pyridine rings is 1. The predicted molar refractivity (Wildman–Crippen MR) is 30.5 cm³/mol. The van der Waals surface area contributed by atoms with Gasteiger partial charge in [-0.25, -0.2) is 0 Å². The van der Waals surface area contributed by atoms with Gasteiger partial charge in [-0.2, -0.15) is 0 Å². The summed E-state index contributed by atoms with van der Waals surface area (Å²) in [4.78, 5) is 10.6. The minimum absolute atomic E-state index is 0.0208. The van der Waals surface area contributed by atoms with Crippen LogP contribution in [0.1, 0.15) is 0 Å². The van der Waals surface area contributed by atoms with Crippen LogP contribution in [0.3, 0.4) is 0 Å². The summed E-state index contributed by atoms with van der Waals surface area (Å²) in [6.07, 6.45) is 1.67. The number of hydrogen-bond acceptors (Lipinski definition) is 1. The monoisotopic (exact) mass is 108 g/mol. The highest BCUT2D eigenvalue weighted by molar-refractivity contribution is 4.89. The first kappa shape index (κ1) is 5.09. The molecule has 0 bridgehead atoms. The summed E-state index contributed by atoms with van der Waals surface area (Å²) in [5.74, 6) is 0.